The molecule has 7 heteroatoms. The maximum Gasteiger partial charge on any atom is 0.341 e. The van der Waals surface area contributed by atoms with E-state index in [1.54, 1.807) is 27.8 Å². The molecule has 0 atom stereocenters. The first-order chi connectivity index (χ1) is 9.77. The summed E-state index contributed by atoms with van der Waals surface area (Å²) in [5.74, 6) is -0.969. The van der Waals surface area contributed by atoms with Gasteiger partial charge in [-0.15, -0.1) is 0 Å². The summed E-state index contributed by atoms with van der Waals surface area (Å²) in [7, 11) is 1.66. The standard InChI is InChI=1S/C14H19N3O4/c1-5-21-12(19)9-7-15-16(4)10(9)8-17-11(18)6-14(2,3)13(17)20/h7H,5-6,8H2,1-4H3. The Morgan fingerprint density at radius 3 is 2.62 bits per heavy atom. The van der Waals surface area contributed by atoms with Gasteiger partial charge < -0.3 is 4.74 Å². The summed E-state index contributed by atoms with van der Waals surface area (Å²) in [5.41, 5.74) is 0.0808. The minimum absolute atomic E-state index is 0.0335. The number of aryl methyl sites for hydroxylation is 1. The van der Waals surface area contributed by atoms with Crippen molar-refractivity contribution in [3.8, 4) is 0 Å². The van der Waals surface area contributed by atoms with E-state index in [0.29, 0.717) is 5.69 Å². The minimum atomic E-state index is -0.695. The van der Waals surface area contributed by atoms with Crippen molar-refractivity contribution in [2.24, 2.45) is 12.5 Å². The average Bonchev–Trinajstić information content (AvgIpc) is 2.84. The molecule has 0 radical (unpaired) electrons. The fourth-order valence-corrected chi connectivity index (χ4v) is 2.37. The number of amides is 2. The van der Waals surface area contributed by atoms with E-state index in [-0.39, 0.29) is 37.0 Å². The number of likely N-dealkylation sites (tertiary alicyclic amines) is 1. The Balaban J connectivity index is 2.28. The number of ether oxygens (including phenoxy) is 1. The Labute approximate surface area is 122 Å². The third-order valence-corrected chi connectivity index (χ3v) is 3.58. The highest BCUT2D eigenvalue weighted by Gasteiger charge is 2.45. The van der Waals surface area contributed by atoms with Crippen molar-refractivity contribution < 1.29 is 19.1 Å². The van der Waals surface area contributed by atoms with Crippen molar-refractivity contribution in [3.05, 3.63) is 17.5 Å². The Morgan fingerprint density at radius 2 is 2.10 bits per heavy atom. The molecule has 0 aliphatic carbocycles. The summed E-state index contributed by atoms with van der Waals surface area (Å²) in [5, 5.41) is 4.01. The highest BCUT2D eigenvalue weighted by atomic mass is 16.5. The molecule has 114 valence electrons. The molecule has 1 aromatic heterocycles. The Kier molecular flexibility index (Phi) is 3.85. The van der Waals surface area contributed by atoms with E-state index in [9.17, 15) is 14.4 Å². The van der Waals surface area contributed by atoms with Crippen molar-refractivity contribution in [1.29, 1.82) is 0 Å². The lowest BCUT2D eigenvalue weighted by Gasteiger charge is -2.18. The minimum Gasteiger partial charge on any atom is -0.462 e. The van der Waals surface area contributed by atoms with Crippen molar-refractivity contribution in [1.82, 2.24) is 14.7 Å². The highest BCUT2D eigenvalue weighted by Crippen LogP contribution is 2.32. The predicted molar refractivity (Wildman–Crippen MR) is 73.1 cm³/mol. The maximum absolute atomic E-state index is 12.2. The SMILES string of the molecule is CCOC(=O)c1cnn(C)c1CN1C(=O)CC(C)(C)C1=O. The third-order valence-electron chi connectivity index (χ3n) is 3.58. The Morgan fingerprint density at radius 1 is 1.43 bits per heavy atom. The number of rotatable bonds is 4. The van der Waals surface area contributed by atoms with Gasteiger partial charge >= 0.3 is 5.97 Å². The molecule has 1 saturated heterocycles. The fraction of sp³-hybridized carbons (Fsp3) is 0.571. The molecule has 0 aromatic carbocycles. The molecule has 21 heavy (non-hydrogen) atoms. The quantitative estimate of drug-likeness (QED) is 0.608. The molecule has 0 unspecified atom stereocenters. The molecule has 1 aliphatic heterocycles. The Bertz CT molecular complexity index is 603. The lowest BCUT2D eigenvalue weighted by atomic mass is 9.92. The lowest BCUT2D eigenvalue weighted by molar-refractivity contribution is -0.141. The number of aromatic nitrogens is 2. The Hall–Kier alpha value is -2.18. The van der Waals surface area contributed by atoms with Crippen LogP contribution in [0.1, 0.15) is 43.2 Å². The molecule has 7 nitrogen and oxygen atoms in total. The second-order valence-corrected chi connectivity index (χ2v) is 5.69. The van der Waals surface area contributed by atoms with E-state index < -0.39 is 11.4 Å². The summed E-state index contributed by atoms with van der Waals surface area (Å²) in [4.78, 5) is 37.3. The van der Waals surface area contributed by atoms with Crippen LogP contribution in [-0.4, -0.2) is 39.1 Å². The van der Waals surface area contributed by atoms with Crippen LogP contribution in [0.15, 0.2) is 6.20 Å². The van der Waals surface area contributed by atoms with E-state index >= 15 is 0 Å². The normalized spacial score (nSPS) is 17.4. The maximum atomic E-state index is 12.2. The van der Waals surface area contributed by atoms with Crippen LogP contribution in [0.5, 0.6) is 0 Å². The summed E-state index contributed by atoms with van der Waals surface area (Å²) in [6.45, 7) is 5.48. The molecular formula is C14H19N3O4. The van der Waals surface area contributed by atoms with Gasteiger partial charge in [0, 0.05) is 13.5 Å². The summed E-state index contributed by atoms with van der Waals surface area (Å²) in [6.07, 6.45) is 1.57. The van der Waals surface area contributed by atoms with Gasteiger partial charge in [0.1, 0.15) is 5.56 Å². The fourth-order valence-electron chi connectivity index (χ4n) is 2.37. The third kappa shape index (κ3) is 2.68. The van der Waals surface area contributed by atoms with Gasteiger partial charge in [0.2, 0.25) is 11.8 Å². The zero-order chi connectivity index (χ0) is 15.8. The number of imide groups is 1. The highest BCUT2D eigenvalue weighted by molar-refractivity contribution is 6.05. The van der Waals surface area contributed by atoms with Crippen LogP contribution in [0.3, 0.4) is 0 Å². The molecule has 0 N–H and O–H groups in total. The van der Waals surface area contributed by atoms with Crippen LogP contribution in [-0.2, 0) is 27.9 Å². The molecule has 1 aliphatic rings. The first-order valence-electron chi connectivity index (χ1n) is 6.80. The second-order valence-electron chi connectivity index (χ2n) is 5.69. The van der Waals surface area contributed by atoms with Crippen molar-refractivity contribution in [3.63, 3.8) is 0 Å². The zero-order valence-corrected chi connectivity index (χ0v) is 12.7. The van der Waals surface area contributed by atoms with E-state index in [1.165, 1.54) is 15.8 Å². The van der Waals surface area contributed by atoms with E-state index in [1.807, 2.05) is 0 Å². The largest absolute Gasteiger partial charge is 0.462 e. The molecule has 0 saturated carbocycles. The average molecular weight is 293 g/mol. The van der Waals surface area contributed by atoms with E-state index in [0.717, 1.165) is 0 Å². The first kappa shape index (κ1) is 15.2. The topological polar surface area (TPSA) is 81.5 Å². The molecule has 1 aromatic rings. The van der Waals surface area contributed by atoms with Crippen LogP contribution in [0.4, 0.5) is 0 Å². The molecular weight excluding hydrogens is 274 g/mol. The van der Waals surface area contributed by atoms with Crippen LogP contribution in [0.25, 0.3) is 0 Å². The second kappa shape index (κ2) is 5.31. The molecule has 2 rings (SSSR count). The monoisotopic (exact) mass is 293 g/mol. The molecule has 0 bridgehead atoms. The summed E-state index contributed by atoms with van der Waals surface area (Å²) in [6, 6.07) is 0. The van der Waals surface area contributed by atoms with Gasteiger partial charge in [-0.05, 0) is 6.92 Å². The molecule has 1 fully saturated rings. The molecule has 0 spiro atoms. The van der Waals surface area contributed by atoms with Gasteiger partial charge in [0.25, 0.3) is 0 Å². The van der Waals surface area contributed by atoms with Gasteiger partial charge in [-0.2, -0.15) is 5.10 Å². The van der Waals surface area contributed by atoms with Crippen molar-refractivity contribution >= 4 is 17.8 Å². The number of nitrogens with zero attached hydrogens (tertiary/aromatic N) is 3. The van der Waals surface area contributed by atoms with Crippen LogP contribution >= 0.6 is 0 Å². The lowest BCUT2D eigenvalue weighted by Crippen LogP contribution is -2.33. The van der Waals surface area contributed by atoms with Crippen molar-refractivity contribution in [2.45, 2.75) is 33.7 Å². The molecule has 2 amide bonds. The molecule has 2 heterocycles. The van der Waals surface area contributed by atoms with E-state index in [4.69, 9.17) is 4.74 Å². The zero-order valence-electron chi connectivity index (χ0n) is 12.7. The number of carbonyl (C=O) groups is 3. The summed E-state index contributed by atoms with van der Waals surface area (Å²) < 4.78 is 6.44. The van der Waals surface area contributed by atoms with Gasteiger partial charge in [-0.1, -0.05) is 13.8 Å². The number of esters is 1. The van der Waals surface area contributed by atoms with Crippen LogP contribution in [0, 0.1) is 5.41 Å². The van der Waals surface area contributed by atoms with Crippen LogP contribution in [0.2, 0.25) is 0 Å². The van der Waals surface area contributed by atoms with Gasteiger partial charge in [-0.3, -0.25) is 19.2 Å². The number of hydrogen-bond donors (Lipinski definition) is 0. The van der Waals surface area contributed by atoms with Gasteiger partial charge in [0.15, 0.2) is 0 Å². The summed E-state index contributed by atoms with van der Waals surface area (Å²) >= 11 is 0. The van der Waals surface area contributed by atoms with E-state index in [2.05, 4.69) is 5.10 Å². The van der Waals surface area contributed by atoms with Gasteiger partial charge in [0.05, 0.1) is 30.5 Å². The first-order valence-corrected chi connectivity index (χ1v) is 6.80. The van der Waals surface area contributed by atoms with Crippen molar-refractivity contribution in [2.75, 3.05) is 6.61 Å². The van der Waals surface area contributed by atoms with Crippen LogP contribution < -0.4 is 0 Å². The number of hydrogen-bond acceptors (Lipinski definition) is 5. The smallest absolute Gasteiger partial charge is 0.341 e. The number of carbonyl (C=O) groups excluding carboxylic acids is 3. The van der Waals surface area contributed by atoms with Gasteiger partial charge in [-0.25, -0.2) is 4.79 Å². The predicted octanol–water partition coefficient (Wildman–Crippen LogP) is 0.882.